The molecule has 0 aliphatic carbocycles. The lowest BCUT2D eigenvalue weighted by Crippen LogP contribution is -2.33. The molecule has 0 radical (unpaired) electrons. The van der Waals surface area contributed by atoms with Gasteiger partial charge in [0.15, 0.2) is 12.7 Å². The average molecular weight is 318 g/mol. The number of benzene rings is 1. The fourth-order valence-electron chi connectivity index (χ4n) is 1.52. The van der Waals surface area contributed by atoms with Crippen LogP contribution in [0.3, 0.4) is 0 Å². The van der Waals surface area contributed by atoms with Crippen molar-refractivity contribution in [1.82, 2.24) is 0 Å². The van der Waals surface area contributed by atoms with E-state index in [0.717, 1.165) is 5.56 Å². The van der Waals surface area contributed by atoms with E-state index in [1.165, 1.54) is 12.1 Å². The van der Waals surface area contributed by atoms with Crippen molar-refractivity contribution in [2.24, 2.45) is 0 Å². The number of nitro benzene ring substituents is 1. The Kier molecular flexibility index (Phi) is 5.85. The quantitative estimate of drug-likeness (QED) is 0.311. The van der Waals surface area contributed by atoms with Gasteiger partial charge in [-0.15, -0.1) is 0 Å². The van der Waals surface area contributed by atoms with Crippen LogP contribution in [0.5, 0.6) is 5.88 Å². The van der Waals surface area contributed by atoms with Crippen molar-refractivity contribution < 1.29 is 31.9 Å². The smallest absolute Gasteiger partial charge is 0.460 e. The fourth-order valence-corrected chi connectivity index (χ4v) is 1.52. The third-order valence-corrected chi connectivity index (χ3v) is 2.42. The molecule has 0 saturated carbocycles. The summed E-state index contributed by atoms with van der Waals surface area (Å²) in [6, 6.07) is 11.4. The number of pyridine rings is 1. The zero-order chi connectivity index (χ0) is 16.8. The van der Waals surface area contributed by atoms with E-state index in [1.807, 2.05) is 6.07 Å². The lowest BCUT2D eigenvalue weighted by molar-refractivity contribution is -0.694. The molecule has 2 aromatic rings. The van der Waals surface area contributed by atoms with Crippen LogP contribution in [0.2, 0.25) is 0 Å². The molecule has 0 fully saturated rings. The second-order valence-corrected chi connectivity index (χ2v) is 4.11. The van der Waals surface area contributed by atoms with Crippen molar-refractivity contribution in [2.45, 2.75) is 6.54 Å². The lowest BCUT2D eigenvalue weighted by Gasteiger charge is -1.99. The first-order valence-corrected chi connectivity index (χ1v) is 5.95. The number of hydrogen-bond acceptors (Lipinski definition) is 3. The number of rotatable bonds is 3. The minimum atomic E-state index is -6.00. The minimum absolute atomic E-state index is 0.0658. The minimum Gasteiger partial charge on any atom is -0.460 e. The third-order valence-electron chi connectivity index (χ3n) is 2.42. The van der Waals surface area contributed by atoms with Gasteiger partial charge < -0.3 is 22.4 Å². The highest BCUT2D eigenvalue weighted by Gasteiger charge is 2.20. The highest BCUT2D eigenvalue weighted by atomic mass is 19.5. The predicted octanol–water partition coefficient (Wildman–Crippen LogP) is 2.94. The van der Waals surface area contributed by atoms with Gasteiger partial charge >= 0.3 is 13.1 Å². The Morgan fingerprint density at radius 2 is 1.64 bits per heavy atom. The second kappa shape index (κ2) is 7.39. The van der Waals surface area contributed by atoms with Crippen LogP contribution in [-0.4, -0.2) is 17.3 Å². The van der Waals surface area contributed by atoms with Gasteiger partial charge in [0.1, 0.15) is 0 Å². The summed E-state index contributed by atoms with van der Waals surface area (Å²) in [6.45, 7) is 0.477. The van der Waals surface area contributed by atoms with E-state index in [-0.39, 0.29) is 11.6 Å². The van der Waals surface area contributed by atoms with Crippen molar-refractivity contribution in [3.05, 3.63) is 64.3 Å². The van der Waals surface area contributed by atoms with E-state index in [0.29, 0.717) is 6.54 Å². The van der Waals surface area contributed by atoms with Crippen LogP contribution in [0.15, 0.2) is 48.7 Å². The van der Waals surface area contributed by atoms with Gasteiger partial charge in [-0.3, -0.25) is 10.1 Å². The van der Waals surface area contributed by atoms with E-state index in [2.05, 4.69) is 0 Å². The Morgan fingerprint density at radius 3 is 2.09 bits per heavy atom. The Hall–Kier alpha value is -2.65. The van der Waals surface area contributed by atoms with Gasteiger partial charge in [-0.05, 0) is 18.2 Å². The first kappa shape index (κ1) is 17.4. The zero-order valence-electron chi connectivity index (χ0n) is 11.1. The van der Waals surface area contributed by atoms with Gasteiger partial charge in [-0.25, -0.2) is 0 Å². The van der Waals surface area contributed by atoms with Crippen LogP contribution >= 0.6 is 0 Å². The maximum Gasteiger partial charge on any atom is 0.673 e. The summed E-state index contributed by atoms with van der Waals surface area (Å²) in [5, 5.41) is 20.1. The fraction of sp³-hybridized carbons (Fsp3) is 0.0833. The standard InChI is InChI=1S/C12H10N2O3.BF4/c15-12-3-1-2-8-13(12)9-10-4-6-11(7-5-10)14(16)17;2-1(3,4)5/h1-8H,9H2;/q;-1/p+1. The second-order valence-electron chi connectivity index (χ2n) is 4.11. The monoisotopic (exact) mass is 318 g/mol. The van der Waals surface area contributed by atoms with Crippen molar-refractivity contribution in [3.8, 4) is 5.88 Å². The molecular formula is C12H11BF4N2O3. The molecule has 0 bridgehead atoms. The van der Waals surface area contributed by atoms with Gasteiger partial charge in [0.2, 0.25) is 0 Å². The summed E-state index contributed by atoms with van der Waals surface area (Å²) in [4.78, 5) is 10.1. The molecule has 0 atom stereocenters. The summed E-state index contributed by atoms with van der Waals surface area (Å²) >= 11 is 0. The van der Waals surface area contributed by atoms with E-state index in [9.17, 15) is 32.5 Å². The molecule has 0 aliphatic rings. The molecule has 1 aromatic heterocycles. The summed E-state index contributed by atoms with van der Waals surface area (Å²) in [7, 11) is -6.00. The molecular weight excluding hydrogens is 307 g/mol. The van der Waals surface area contributed by atoms with Gasteiger partial charge in [0, 0.05) is 23.8 Å². The maximum absolute atomic E-state index is 10.5. The Bertz CT molecular complexity index is 629. The maximum atomic E-state index is 10.5. The molecule has 22 heavy (non-hydrogen) atoms. The number of nitrogens with zero attached hydrogens (tertiary/aromatic N) is 2. The van der Waals surface area contributed by atoms with E-state index < -0.39 is 12.2 Å². The number of aromatic hydroxyl groups is 1. The van der Waals surface area contributed by atoms with Crippen molar-refractivity contribution in [1.29, 1.82) is 0 Å². The van der Waals surface area contributed by atoms with E-state index in [1.54, 1.807) is 35.0 Å². The van der Waals surface area contributed by atoms with Crippen molar-refractivity contribution in [2.75, 3.05) is 0 Å². The average Bonchev–Trinajstić information content (AvgIpc) is 2.40. The topological polar surface area (TPSA) is 67.2 Å². The zero-order valence-corrected chi connectivity index (χ0v) is 11.1. The molecule has 118 valence electrons. The molecule has 1 heterocycles. The first-order valence-electron chi connectivity index (χ1n) is 5.95. The number of halogens is 4. The lowest BCUT2D eigenvalue weighted by atomic mass is 10.2. The first-order chi connectivity index (χ1) is 10.2. The van der Waals surface area contributed by atoms with Gasteiger partial charge in [0.05, 0.1) is 11.0 Å². The van der Waals surface area contributed by atoms with Crippen molar-refractivity contribution in [3.63, 3.8) is 0 Å². The molecule has 0 spiro atoms. The van der Waals surface area contributed by atoms with E-state index in [4.69, 9.17) is 0 Å². The summed E-state index contributed by atoms with van der Waals surface area (Å²) in [5.74, 6) is 0.158. The Labute approximate surface area is 122 Å². The summed E-state index contributed by atoms with van der Waals surface area (Å²) in [5.41, 5.74) is 0.957. The molecule has 5 nitrogen and oxygen atoms in total. The summed E-state index contributed by atoms with van der Waals surface area (Å²) < 4.78 is 40.7. The van der Waals surface area contributed by atoms with Crippen LogP contribution < -0.4 is 4.57 Å². The highest BCUT2D eigenvalue weighted by Crippen LogP contribution is 2.12. The van der Waals surface area contributed by atoms with Gasteiger partial charge in [-0.1, -0.05) is 0 Å². The van der Waals surface area contributed by atoms with Crippen LogP contribution in [0.25, 0.3) is 0 Å². The molecule has 2 rings (SSSR count). The van der Waals surface area contributed by atoms with Gasteiger partial charge in [0.25, 0.3) is 5.69 Å². The normalized spacial score (nSPS) is 10.5. The van der Waals surface area contributed by atoms with Crippen LogP contribution in [-0.2, 0) is 6.54 Å². The third kappa shape index (κ3) is 6.68. The van der Waals surface area contributed by atoms with Gasteiger partial charge in [-0.2, -0.15) is 4.57 Å². The molecule has 1 N–H and O–H groups in total. The molecule has 0 amide bonds. The summed E-state index contributed by atoms with van der Waals surface area (Å²) in [6.07, 6.45) is 1.75. The highest BCUT2D eigenvalue weighted by molar-refractivity contribution is 6.50. The number of hydrogen-bond donors (Lipinski definition) is 1. The molecule has 0 unspecified atom stereocenters. The van der Waals surface area contributed by atoms with Crippen LogP contribution in [0.4, 0.5) is 23.0 Å². The number of nitro groups is 1. The van der Waals surface area contributed by atoms with E-state index >= 15 is 0 Å². The Morgan fingerprint density at radius 1 is 1.09 bits per heavy atom. The molecule has 10 heteroatoms. The van der Waals surface area contributed by atoms with Crippen LogP contribution in [0.1, 0.15) is 5.56 Å². The molecule has 1 aromatic carbocycles. The van der Waals surface area contributed by atoms with Crippen LogP contribution in [0, 0.1) is 10.1 Å². The predicted molar refractivity (Wildman–Crippen MR) is 70.7 cm³/mol. The SMILES string of the molecule is F[B-](F)(F)F.O=[N+]([O-])c1ccc(C[n+]2ccccc2O)cc1. The Balaban J connectivity index is 0.000000422. The molecule has 0 aliphatic heterocycles. The largest absolute Gasteiger partial charge is 0.673 e. The molecule has 0 saturated heterocycles. The van der Waals surface area contributed by atoms with Crippen molar-refractivity contribution >= 4 is 12.9 Å². The number of aromatic nitrogens is 1. The number of non-ortho nitro benzene ring substituents is 1.